The monoisotopic (exact) mass is 372 g/mol. The molecule has 5 heavy (non-hydrogen) atoms. The summed E-state index contributed by atoms with van der Waals surface area (Å²) in [4.78, 5) is 0. The summed E-state index contributed by atoms with van der Waals surface area (Å²) in [6.45, 7) is 0. The zero-order valence-electron chi connectivity index (χ0n) is 2.63. The van der Waals surface area contributed by atoms with Crippen molar-refractivity contribution in [2.24, 2.45) is 0 Å². The van der Waals surface area contributed by atoms with E-state index in [2.05, 4.69) is 47.8 Å². The van der Waals surface area contributed by atoms with Crippen LogP contribution in [-0.2, 0) is 0 Å². The van der Waals surface area contributed by atoms with E-state index in [-0.39, 0.29) is 0.159 Å². The molecule has 0 aliphatic heterocycles. The first kappa shape index (κ1) is 7.24. The van der Waals surface area contributed by atoms with Gasteiger partial charge in [0.15, 0.2) is 0 Å². The van der Waals surface area contributed by atoms with Crippen molar-refractivity contribution in [3.05, 3.63) is 0 Å². The van der Waals surface area contributed by atoms with E-state index >= 15 is 0 Å². The van der Waals surface area contributed by atoms with E-state index in [9.17, 15) is 0 Å². The Balaban J connectivity index is 3.02. The van der Waals surface area contributed by atoms with Crippen LogP contribution in [0.3, 0.4) is 0 Å². The molecule has 0 atom stereocenters. The molecule has 0 aliphatic rings. The van der Waals surface area contributed by atoms with Gasteiger partial charge in [0.05, 0.1) is 0 Å². The van der Waals surface area contributed by atoms with Gasteiger partial charge in [-0.1, -0.05) is 0 Å². The average molecular weight is 373 g/mol. The van der Waals surface area contributed by atoms with Crippen LogP contribution in [0.15, 0.2) is 0 Å². The summed E-state index contributed by atoms with van der Waals surface area (Å²) in [7, 11) is 0. The molecular weight excluding hydrogens is 370 g/mol. The van der Waals surface area contributed by atoms with Gasteiger partial charge in [-0.05, 0) is 0 Å². The molecule has 0 aromatic carbocycles. The molecule has 0 saturated carbocycles. The number of alkyl halides is 3. The van der Waals surface area contributed by atoms with Gasteiger partial charge < -0.3 is 0 Å². The number of rotatable bonds is 0. The summed E-state index contributed by atoms with van der Waals surface area (Å²) in [5, 5.41) is 0. The number of halogens is 3. The van der Waals surface area contributed by atoms with Crippen molar-refractivity contribution in [3.8, 4) is 0 Å². The van der Waals surface area contributed by atoms with Crippen LogP contribution >= 0.6 is 47.8 Å². The summed E-state index contributed by atoms with van der Waals surface area (Å²) < 4.78 is 0.147. The van der Waals surface area contributed by atoms with Crippen molar-refractivity contribution < 1.29 is 0 Å². The minimum absolute atomic E-state index is 0.147. The Kier molecular flexibility index (Phi) is 3.65. The van der Waals surface area contributed by atoms with Crippen molar-refractivity contribution >= 4 is 70.3 Å². The maximum absolute atomic E-state index is 3.30. The van der Waals surface area contributed by atoms with E-state index < -0.39 is 0 Å². The zero-order chi connectivity index (χ0) is 4.50. The van der Waals surface area contributed by atoms with Crippen LogP contribution < -0.4 is 0 Å². The third-order valence-electron chi connectivity index (χ3n) is 0. The average Bonchev–Trinajstić information content (AvgIpc) is 0.722. The molecule has 0 aliphatic carbocycles. The molecule has 0 unspecified atom stereocenters. The molecule has 0 nitrogen and oxygen atoms in total. The van der Waals surface area contributed by atoms with E-state index in [0.717, 1.165) is 0 Å². The van der Waals surface area contributed by atoms with E-state index in [1.165, 1.54) is 0 Å². The second kappa shape index (κ2) is 2.52. The van der Waals surface area contributed by atoms with E-state index in [0.29, 0.717) is 22.5 Å². The molecule has 0 aromatic rings. The molecule has 0 heterocycles. The van der Waals surface area contributed by atoms with Gasteiger partial charge in [0.2, 0.25) is 0 Å². The summed E-state index contributed by atoms with van der Waals surface area (Å²) in [6, 6.07) is 0. The van der Waals surface area contributed by atoms with Crippen LogP contribution in [0.4, 0.5) is 0 Å². The molecular formula is CH3Br3Sn. The molecule has 0 radical (unpaired) electrons. The fraction of sp³-hybridized carbons (Fsp3) is 1.00. The van der Waals surface area contributed by atoms with Gasteiger partial charge in [-0.2, -0.15) is 0 Å². The second-order valence-corrected chi connectivity index (χ2v) is 25.5. The van der Waals surface area contributed by atoms with Gasteiger partial charge in [-0.15, -0.1) is 0 Å². The van der Waals surface area contributed by atoms with Crippen molar-refractivity contribution in [3.63, 3.8) is 0 Å². The Labute approximate surface area is 69.6 Å². The van der Waals surface area contributed by atoms with Crippen LogP contribution in [0.25, 0.3) is 0 Å². The Bertz CT molecular complexity index is 22.4. The van der Waals surface area contributed by atoms with Gasteiger partial charge in [0.1, 0.15) is 0 Å². The van der Waals surface area contributed by atoms with Crippen molar-refractivity contribution in [2.75, 3.05) is 0 Å². The molecule has 4 heteroatoms. The van der Waals surface area contributed by atoms with E-state index in [4.69, 9.17) is 0 Å². The Morgan fingerprint density at radius 2 is 1.20 bits per heavy atom. The standard InChI is InChI=1S/CBr3.Sn.3H/c2-1(3)4;;;;. The molecule has 0 aromatic heterocycles. The van der Waals surface area contributed by atoms with Crippen molar-refractivity contribution in [2.45, 2.75) is 0.159 Å². The van der Waals surface area contributed by atoms with Gasteiger partial charge >= 0.3 is 70.5 Å². The quantitative estimate of drug-likeness (QED) is 0.441. The van der Waals surface area contributed by atoms with Gasteiger partial charge in [0, 0.05) is 0 Å². The number of hydrogen-bond donors (Lipinski definition) is 0. The van der Waals surface area contributed by atoms with Crippen LogP contribution in [0.5, 0.6) is 0 Å². The predicted octanol–water partition coefficient (Wildman–Crippen LogP) is 1.15. The van der Waals surface area contributed by atoms with E-state index in [1.54, 1.807) is 0 Å². The van der Waals surface area contributed by atoms with Gasteiger partial charge in [-0.25, -0.2) is 0 Å². The third-order valence-corrected chi connectivity index (χ3v) is 0. The summed E-state index contributed by atoms with van der Waals surface area (Å²) in [5.41, 5.74) is 0. The zero-order valence-corrected chi connectivity index (χ0v) is 13.1. The molecule has 0 rings (SSSR count). The van der Waals surface area contributed by atoms with E-state index in [1.807, 2.05) is 0 Å². The SMILES string of the molecule is Br[C](Br)(Br)[SnH3]. The van der Waals surface area contributed by atoms with Crippen LogP contribution in [-0.4, -0.2) is 22.7 Å². The van der Waals surface area contributed by atoms with Gasteiger partial charge in [-0.3, -0.25) is 0 Å². The topological polar surface area (TPSA) is 0 Å². The minimum atomic E-state index is 0.147. The molecule has 0 bridgehead atoms. The second-order valence-electron chi connectivity index (χ2n) is 0.781. The Hall–Kier alpha value is 2.24. The molecule has 0 spiro atoms. The fourth-order valence-electron chi connectivity index (χ4n) is 0. The first-order chi connectivity index (χ1) is 2.00. The summed E-state index contributed by atoms with van der Waals surface area (Å²) >= 11 is 10.5. The van der Waals surface area contributed by atoms with Gasteiger partial charge in [0.25, 0.3) is 0 Å². The van der Waals surface area contributed by atoms with Crippen molar-refractivity contribution in [1.29, 1.82) is 0 Å². The Morgan fingerprint density at radius 3 is 1.20 bits per heavy atom. The number of hydrogen-bond acceptors (Lipinski definition) is 0. The van der Waals surface area contributed by atoms with Crippen molar-refractivity contribution in [1.82, 2.24) is 0 Å². The van der Waals surface area contributed by atoms with Crippen LogP contribution in [0.1, 0.15) is 0 Å². The summed E-state index contributed by atoms with van der Waals surface area (Å²) in [6.07, 6.45) is 0. The fourth-order valence-corrected chi connectivity index (χ4v) is 0. The van der Waals surface area contributed by atoms with Crippen LogP contribution in [0, 0.1) is 0 Å². The Morgan fingerprint density at radius 1 is 1.20 bits per heavy atom. The molecule has 0 N–H and O–H groups in total. The molecule has 0 amide bonds. The molecule has 0 saturated heterocycles. The summed E-state index contributed by atoms with van der Waals surface area (Å²) in [5.74, 6) is 0. The molecule has 0 fully saturated rings. The first-order valence-electron chi connectivity index (χ1n) is 1.07. The maximum atomic E-state index is 3.30. The predicted molar refractivity (Wildman–Crippen MR) is 39.5 cm³/mol. The third kappa shape index (κ3) is 22.4. The first-order valence-corrected chi connectivity index (χ1v) is 6.30. The van der Waals surface area contributed by atoms with Crippen LogP contribution in [0.2, 0.25) is 0 Å². The molecule has 32 valence electrons. The normalized spacial score (nSPS) is 12.6.